The number of H-pyrrole nitrogens is 1. The molecule has 0 spiro atoms. The lowest BCUT2D eigenvalue weighted by Crippen LogP contribution is -2.19. The standard InChI is InChI=1S/C16H13F3N4O2/c1-23-8-9(2-5-14(23)25)6-13(24)21-12-4-3-10-11(16(17,18)19)7-20-15(10)22-12/h2-5,7-8H,6H2,1H3,(H2,20,21,22,24). The first-order valence-electron chi connectivity index (χ1n) is 7.25. The average Bonchev–Trinajstić information content (AvgIpc) is 2.94. The maximum atomic E-state index is 12.8. The molecular formula is C16H13F3N4O2. The summed E-state index contributed by atoms with van der Waals surface area (Å²) in [4.78, 5) is 29.8. The Morgan fingerprint density at radius 2 is 2.04 bits per heavy atom. The third kappa shape index (κ3) is 3.54. The molecule has 0 aromatic carbocycles. The van der Waals surface area contributed by atoms with Gasteiger partial charge in [-0.15, -0.1) is 0 Å². The predicted octanol–water partition coefficient (Wildman–Crippen LogP) is 2.46. The van der Waals surface area contributed by atoms with Crippen molar-refractivity contribution in [3.8, 4) is 0 Å². The molecule has 0 aliphatic rings. The number of carbonyl (C=O) groups is 1. The third-order valence-electron chi connectivity index (χ3n) is 3.62. The van der Waals surface area contributed by atoms with E-state index < -0.39 is 17.6 Å². The number of aromatic amines is 1. The Hall–Kier alpha value is -3.10. The predicted molar refractivity (Wildman–Crippen MR) is 85.1 cm³/mol. The summed E-state index contributed by atoms with van der Waals surface area (Å²) in [5.41, 5.74) is -0.339. The smallest absolute Gasteiger partial charge is 0.345 e. The Kier molecular flexibility index (Phi) is 4.07. The summed E-state index contributed by atoms with van der Waals surface area (Å²) in [6.07, 6.45) is -2.09. The summed E-state index contributed by atoms with van der Waals surface area (Å²) in [6.45, 7) is 0. The Balaban J connectivity index is 1.77. The van der Waals surface area contributed by atoms with Gasteiger partial charge < -0.3 is 14.9 Å². The van der Waals surface area contributed by atoms with Gasteiger partial charge in [-0.2, -0.15) is 13.2 Å². The minimum atomic E-state index is -4.48. The van der Waals surface area contributed by atoms with E-state index in [1.807, 2.05) is 0 Å². The first kappa shape index (κ1) is 16.7. The van der Waals surface area contributed by atoms with Crippen LogP contribution < -0.4 is 10.9 Å². The number of alkyl halides is 3. The lowest BCUT2D eigenvalue weighted by molar-refractivity contribution is -0.136. The number of nitrogens with one attached hydrogen (secondary N) is 2. The number of anilines is 1. The molecule has 3 heterocycles. The SMILES string of the molecule is Cn1cc(CC(=O)Nc2ccc3c(C(F)(F)F)c[nH]c3n2)ccc1=O. The first-order valence-corrected chi connectivity index (χ1v) is 7.25. The second-order valence-corrected chi connectivity index (χ2v) is 5.50. The number of pyridine rings is 2. The van der Waals surface area contributed by atoms with Gasteiger partial charge in [-0.05, 0) is 17.7 Å². The maximum Gasteiger partial charge on any atom is 0.418 e. The molecule has 25 heavy (non-hydrogen) atoms. The number of rotatable bonds is 3. The van der Waals surface area contributed by atoms with Gasteiger partial charge in [0.25, 0.3) is 0 Å². The Bertz CT molecular complexity index is 1000. The quantitative estimate of drug-likeness (QED) is 0.762. The number of halogens is 3. The van der Waals surface area contributed by atoms with E-state index in [1.54, 1.807) is 19.3 Å². The summed E-state index contributed by atoms with van der Waals surface area (Å²) in [5, 5.41) is 2.46. The average molecular weight is 350 g/mol. The lowest BCUT2D eigenvalue weighted by atomic mass is 10.2. The molecule has 0 atom stereocenters. The van der Waals surface area contributed by atoms with Crippen molar-refractivity contribution in [3.05, 3.63) is 58.1 Å². The highest BCUT2D eigenvalue weighted by Gasteiger charge is 2.33. The molecule has 0 aliphatic carbocycles. The number of aryl methyl sites for hydroxylation is 1. The molecule has 1 amide bonds. The number of hydrogen-bond acceptors (Lipinski definition) is 3. The zero-order valence-corrected chi connectivity index (χ0v) is 13.0. The Morgan fingerprint density at radius 1 is 1.28 bits per heavy atom. The van der Waals surface area contributed by atoms with E-state index in [2.05, 4.69) is 15.3 Å². The van der Waals surface area contributed by atoms with Crippen molar-refractivity contribution in [1.29, 1.82) is 0 Å². The largest absolute Gasteiger partial charge is 0.418 e. The Morgan fingerprint density at radius 3 is 2.72 bits per heavy atom. The number of hydrogen-bond donors (Lipinski definition) is 2. The van der Waals surface area contributed by atoms with Crippen LogP contribution >= 0.6 is 0 Å². The van der Waals surface area contributed by atoms with E-state index in [0.29, 0.717) is 5.56 Å². The molecule has 3 aromatic rings. The molecule has 3 rings (SSSR count). The zero-order valence-electron chi connectivity index (χ0n) is 13.0. The van der Waals surface area contributed by atoms with Crippen molar-refractivity contribution in [2.75, 3.05) is 5.32 Å². The molecule has 3 aromatic heterocycles. The number of nitrogens with zero attached hydrogens (tertiary/aromatic N) is 2. The van der Waals surface area contributed by atoms with Gasteiger partial charge in [-0.1, -0.05) is 6.07 Å². The lowest BCUT2D eigenvalue weighted by Gasteiger charge is -2.07. The summed E-state index contributed by atoms with van der Waals surface area (Å²) in [6, 6.07) is 5.46. The van der Waals surface area contributed by atoms with Crippen molar-refractivity contribution in [1.82, 2.24) is 14.5 Å². The minimum absolute atomic E-state index is 0.00631. The van der Waals surface area contributed by atoms with Crippen LogP contribution in [0.4, 0.5) is 19.0 Å². The first-order chi connectivity index (χ1) is 11.7. The fourth-order valence-electron chi connectivity index (χ4n) is 2.44. The molecule has 0 fully saturated rings. The topological polar surface area (TPSA) is 79.8 Å². The molecule has 2 N–H and O–H groups in total. The van der Waals surface area contributed by atoms with E-state index in [4.69, 9.17) is 0 Å². The van der Waals surface area contributed by atoms with Gasteiger partial charge in [0, 0.05) is 30.9 Å². The van der Waals surface area contributed by atoms with Gasteiger partial charge in [-0.25, -0.2) is 4.98 Å². The van der Waals surface area contributed by atoms with Crippen LogP contribution in [0.3, 0.4) is 0 Å². The van der Waals surface area contributed by atoms with Crippen molar-refractivity contribution in [3.63, 3.8) is 0 Å². The highest BCUT2D eigenvalue weighted by atomic mass is 19.4. The van der Waals surface area contributed by atoms with Crippen molar-refractivity contribution >= 4 is 22.8 Å². The summed E-state index contributed by atoms with van der Waals surface area (Å²) >= 11 is 0. The number of amides is 1. The van der Waals surface area contributed by atoms with Crippen LogP contribution in [-0.4, -0.2) is 20.4 Å². The molecule has 0 bridgehead atoms. The second kappa shape index (κ2) is 6.08. The molecule has 9 heteroatoms. The van der Waals surface area contributed by atoms with Crippen molar-refractivity contribution in [2.45, 2.75) is 12.6 Å². The minimum Gasteiger partial charge on any atom is -0.345 e. The highest BCUT2D eigenvalue weighted by molar-refractivity contribution is 5.92. The van der Waals surface area contributed by atoms with Gasteiger partial charge in [0.1, 0.15) is 11.5 Å². The molecular weight excluding hydrogens is 337 g/mol. The maximum absolute atomic E-state index is 12.8. The summed E-state index contributed by atoms with van der Waals surface area (Å²) < 4.78 is 39.8. The number of aromatic nitrogens is 3. The molecule has 0 saturated heterocycles. The van der Waals surface area contributed by atoms with Gasteiger partial charge in [-0.3, -0.25) is 9.59 Å². The van der Waals surface area contributed by atoms with Gasteiger partial charge in [0.2, 0.25) is 11.5 Å². The van der Waals surface area contributed by atoms with Crippen LogP contribution in [0.2, 0.25) is 0 Å². The van der Waals surface area contributed by atoms with Crippen LogP contribution in [0.5, 0.6) is 0 Å². The van der Waals surface area contributed by atoms with Crippen LogP contribution in [-0.2, 0) is 24.4 Å². The molecule has 0 unspecified atom stereocenters. The van der Waals surface area contributed by atoms with Crippen LogP contribution in [0.1, 0.15) is 11.1 Å². The normalized spacial score (nSPS) is 11.7. The fraction of sp³-hybridized carbons (Fsp3) is 0.188. The monoisotopic (exact) mass is 350 g/mol. The van der Waals surface area contributed by atoms with Crippen molar-refractivity contribution < 1.29 is 18.0 Å². The summed E-state index contributed by atoms with van der Waals surface area (Å²) in [7, 11) is 1.57. The highest BCUT2D eigenvalue weighted by Crippen LogP contribution is 2.34. The number of fused-ring (bicyclic) bond motifs is 1. The van der Waals surface area contributed by atoms with Crippen LogP contribution in [0, 0.1) is 0 Å². The molecule has 0 saturated carbocycles. The fourth-order valence-corrected chi connectivity index (χ4v) is 2.44. The zero-order chi connectivity index (χ0) is 18.2. The molecule has 130 valence electrons. The van der Waals surface area contributed by atoms with E-state index in [9.17, 15) is 22.8 Å². The molecule has 0 radical (unpaired) electrons. The Labute approximate surface area is 139 Å². The van der Waals surface area contributed by atoms with E-state index in [-0.39, 0.29) is 28.8 Å². The van der Waals surface area contributed by atoms with E-state index in [0.717, 1.165) is 6.20 Å². The van der Waals surface area contributed by atoms with Gasteiger partial charge >= 0.3 is 6.18 Å². The van der Waals surface area contributed by atoms with Crippen LogP contribution in [0.25, 0.3) is 11.0 Å². The summed E-state index contributed by atoms with van der Waals surface area (Å²) in [5.74, 6) is -0.258. The molecule has 0 aliphatic heterocycles. The molecule has 6 nitrogen and oxygen atoms in total. The second-order valence-electron chi connectivity index (χ2n) is 5.50. The van der Waals surface area contributed by atoms with Gasteiger partial charge in [0.15, 0.2) is 0 Å². The van der Waals surface area contributed by atoms with E-state index >= 15 is 0 Å². The number of carbonyl (C=O) groups excluding carboxylic acids is 1. The van der Waals surface area contributed by atoms with E-state index in [1.165, 1.54) is 22.8 Å². The third-order valence-corrected chi connectivity index (χ3v) is 3.62. The van der Waals surface area contributed by atoms with Crippen LogP contribution in [0.15, 0.2) is 41.5 Å². The van der Waals surface area contributed by atoms with Gasteiger partial charge in [0.05, 0.1) is 12.0 Å². The van der Waals surface area contributed by atoms with Crippen molar-refractivity contribution in [2.24, 2.45) is 7.05 Å².